The first-order valence-electron chi connectivity index (χ1n) is 7.32. The third-order valence-corrected chi connectivity index (χ3v) is 3.98. The van der Waals surface area contributed by atoms with Crippen molar-refractivity contribution in [2.24, 2.45) is 5.84 Å². The van der Waals surface area contributed by atoms with Crippen molar-refractivity contribution in [2.75, 3.05) is 0 Å². The maximum absolute atomic E-state index is 5.79. The molecule has 3 heteroatoms. The van der Waals surface area contributed by atoms with Gasteiger partial charge in [0.2, 0.25) is 0 Å². The summed E-state index contributed by atoms with van der Waals surface area (Å²) < 4.78 is 5.53. The second-order valence-electron chi connectivity index (χ2n) is 5.21. The molecule has 0 aliphatic heterocycles. The highest BCUT2D eigenvalue weighted by molar-refractivity contribution is 5.85. The number of hydrogen-bond acceptors (Lipinski definition) is 3. The van der Waals surface area contributed by atoms with Gasteiger partial charge in [-0.25, -0.2) is 0 Å². The summed E-state index contributed by atoms with van der Waals surface area (Å²) in [6.45, 7) is 2.09. The SMILES string of the molecule is CCc1occc1C(Cc1cccc2ccccc12)NN. The van der Waals surface area contributed by atoms with Gasteiger partial charge in [0.1, 0.15) is 5.76 Å². The fraction of sp³-hybridized carbons (Fsp3) is 0.222. The Balaban J connectivity index is 1.96. The van der Waals surface area contributed by atoms with Crippen molar-refractivity contribution in [2.45, 2.75) is 25.8 Å². The molecule has 3 rings (SSSR count). The highest BCUT2D eigenvalue weighted by atomic mass is 16.3. The van der Waals surface area contributed by atoms with Crippen LogP contribution in [0.25, 0.3) is 10.8 Å². The monoisotopic (exact) mass is 280 g/mol. The van der Waals surface area contributed by atoms with E-state index in [4.69, 9.17) is 10.3 Å². The van der Waals surface area contributed by atoms with Crippen LogP contribution >= 0.6 is 0 Å². The third kappa shape index (κ3) is 2.71. The number of benzene rings is 2. The third-order valence-electron chi connectivity index (χ3n) is 3.98. The minimum Gasteiger partial charge on any atom is -0.469 e. The topological polar surface area (TPSA) is 51.2 Å². The Morgan fingerprint density at radius 2 is 1.90 bits per heavy atom. The molecular weight excluding hydrogens is 260 g/mol. The molecule has 0 saturated heterocycles. The van der Waals surface area contributed by atoms with Crippen LogP contribution in [0.4, 0.5) is 0 Å². The van der Waals surface area contributed by atoms with Crippen LogP contribution in [0.3, 0.4) is 0 Å². The van der Waals surface area contributed by atoms with Crippen LogP contribution in [-0.4, -0.2) is 0 Å². The summed E-state index contributed by atoms with van der Waals surface area (Å²) in [4.78, 5) is 0. The van der Waals surface area contributed by atoms with Gasteiger partial charge in [0.25, 0.3) is 0 Å². The molecule has 1 heterocycles. The largest absolute Gasteiger partial charge is 0.469 e. The summed E-state index contributed by atoms with van der Waals surface area (Å²) in [6, 6.07) is 16.9. The molecule has 0 aliphatic rings. The first-order chi connectivity index (χ1) is 10.3. The molecule has 3 nitrogen and oxygen atoms in total. The lowest BCUT2D eigenvalue weighted by molar-refractivity contribution is 0.488. The average molecular weight is 280 g/mol. The van der Waals surface area contributed by atoms with E-state index in [9.17, 15) is 0 Å². The minimum atomic E-state index is 0.0597. The van der Waals surface area contributed by atoms with Crippen molar-refractivity contribution in [3.8, 4) is 0 Å². The molecule has 3 aromatic rings. The molecule has 0 fully saturated rings. The standard InChI is InChI=1S/C18H20N2O/c1-2-18-16(10-11-21-18)17(20-19)12-14-8-5-7-13-6-3-4-9-15(13)14/h3-11,17,20H,2,12,19H2,1H3. The number of fused-ring (bicyclic) bond motifs is 1. The predicted molar refractivity (Wildman–Crippen MR) is 85.8 cm³/mol. The number of nitrogens with one attached hydrogen (secondary N) is 1. The Morgan fingerprint density at radius 1 is 1.10 bits per heavy atom. The van der Waals surface area contributed by atoms with Crippen LogP contribution in [0.2, 0.25) is 0 Å². The summed E-state index contributed by atoms with van der Waals surface area (Å²) in [5.41, 5.74) is 5.37. The van der Waals surface area contributed by atoms with Crippen molar-refractivity contribution >= 4 is 10.8 Å². The lowest BCUT2D eigenvalue weighted by Crippen LogP contribution is -2.30. The zero-order valence-corrected chi connectivity index (χ0v) is 12.2. The Morgan fingerprint density at radius 3 is 2.71 bits per heavy atom. The van der Waals surface area contributed by atoms with Gasteiger partial charge in [0.15, 0.2) is 0 Å². The number of furan rings is 1. The fourth-order valence-corrected chi connectivity index (χ4v) is 2.90. The molecule has 0 spiro atoms. The molecule has 0 aliphatic carbocycles. The molecule has 1 atom stereocenters. The van der Waals surface area contributed by atoms with E-state index in [0.29, 0.717) is 0 Å². The Hall–Kier alpha value is -2.10. The van der Waals surface area contributed by atoms with E-state index >= 15 is 0 Å². The van der Waals surface area contributed by atoms with Crippen LogP contribution in [0.15, 0.2) is 59.2 Å². The lowest BCUT2D eigenvalue weighted by Gasteiger charge is -2.17. The predicted octanol–water partition coefficient (Wildman–Crippen LogP) is 3.74. The van der Waals surface area contributed by atoms with E-state index in [0.717, 1.165) is 24.2 Å². The normalized spacial score (nSPS) is 12.7. The first-order valence-corrected chi connectivity index (χ1v) is 7.32. The molecule has 1 aromatic heterocycles. The van der Waals surface area contributed by atoms with Crippen LogP contribution < -0.4 is 11.3 Å². The Kier molecular flexibility index (Phi) is 4.04. The molecule has 21 heavy (non-hydrogen) atoms. The van der Waals surface area contributed by atoms with Gasteiger partial charge in [-0.2, -0.15) is 0 Å². The number of aryl methyl sites for hydroxylation is 1. The maximum atomic E-state index is 5.79. The summed E-state index contributed by atoms with van der Waals surface area (Å²) >= 11 is 0. The first kappa shape index (κ1) is 13.9. The van der Waals surface area contributed by atoms with Crippen molar-refractivity contribution in [1.29, 1.82) is 0 Å². The van der Waals surface area contributed by atoms with Gasteiger partial charge in [-0.1, -0.05) is 49.4 Å². The van der Waals surface area contributed by atoms with Gasteiger partial charge in [0, 0.05) is 12.0 Å². The summed E-state index contributed by atoms with van der Waals surface area (Å²) in [6.07, 6.45) is 3.45. The lowest BCUT2D eigenvalue weighted by atomic mass is 9.95. The smallest absolute Gasteiger partial charge is 0.108 e. The average Bonchev–Trinajstić information content (AvgIpc) is 3.01. The minimum absolute atomic E-state index is 0.0597. The highest BCUT2D eigenvalue weighted by Crippen LogP contribution is 2.26. The number of hydrogen-bond donors (Lipinski definition) is 2. The Labute approximate surface area is 124 Å². The summed E-state index contributed by atoms with van der Waals surface area (Å²) in [5, 5.41) is 2.54. The van der Waals surface area contributed by atoms with Crippen molar-refractivity contribution in [1.82, 2.24) is 5.43 Å². The molecule has 108 valence electrons. The van der Waals surface area contributed by atoms with Crippen LogP contribution in [0.5, 0.6) is 0 Å². The van der Waals surface area contributed by atoms with Crippen LogP contribution in [0, 0.1) is 0 Å². The van der Waals surface area contributed by atoms with Crippen molar-refractivity contribution in [3.63, 3.8) is 0 Å². The number of nitrogens with two attached hydrogens (primary N) is 1. The van der Waals surface area contributed by atoms with Crippen LogP contribution in [-0.2, 0) is 12.8 Å². The van der Waals surface area contributed by atoms with Gasteiger partial charge in [-0.15, -0.1) is 0 Å². The molecule has 0 amide bonds. The van der Waals surface area contributed by atoms with E-state index in [2.05, 4.69) is 54.8 Å². The summed E-state index contributed by atoms with van der Waals surface area (Å²) in [5.74, 6) is 6.79. The van der Waals surface area contributed by atoms with Gasteiger partial charge < -0.3 is 4.42 Å². The van der Waals surface area contributed by atoms with Gasteiger partial charge in [-0.05, 0) is 28.8 Å². The number of rotatable bonds is 5. The van der Waals surface area contributed by atoms with E-state index in [-0.39, 0.29) is 6.04 Å². The molecule has 0 radical (unpaired) electrons. The van der Waals surface area contributed by atoms with Crippen molar-refractivity contribution in [3.05, 3.63) is 71.7 Å². The van der Waals surface area contributed by atoms with E-state index in [1.165, 1.54) is 16.3 Å². The fourth-order valence-electron chi connectivity index (χ4n) is 2.90. The van der Waals surface area contributed by atoms with E-state index in [1.54, 1.807) is 6.26 Å². The number of hydrazine groups is 1. The van der Waals surface area contributed by atoms with E-state index in [1.807, 2.05) is 6.07 Å². The van der Waals surface area contributed by atoms with E-state index < -0.39 is 0 Å². The zero-order valence-electron chi connectivity index (χ0n) is 12.2. The molecular formula is C18H20N2O. The zero-order chi connectivity index (χ0) is 14.7. The quantitative estimate of drug-likeness (QED) is 0.553. The van der Waals surface area contributed by atoms with Gasteiger partial charge in [0.05, 0.1) is 12.3 Å². The molecule has 3 N–H and O–H groups in total. The molecule has 2 aromatic carbocycles. The Bertz CT molecular complexity index is 727. The molecule has 0 bridgehead atoms. The maximum Gasteiger partial charge on any atom is 0.108 e. The van der Waals surface area contributed by atoms with Crippen LogP contribution in [0.1, 0.15) is 29.9 Å². The second-order valence-corrected chi connectivity index (χ2v) is 5.21. The molecule has 0 saturated carbocycles. The highest BCUT2D eigenvalue weighted by Gasteiger charge is 2.17. The van der Waals surface area contributed by atoms with Gasteiger partial charge >= 0.3 is 0 Å². The molecule has 1 unspecified atom stereocenters. The second kappa shape index (κ2) is 6.12. The van der Waals surface area contributed by atoms with Gasteiger partial charge in [-0.3, -0.25) is 11.3 Å². The summed E-state index contributed by atoms with van der Waals surface area (Å²) in [7, 11) is 0. The van der Waals surface area contributed by atoms with Crippen molar-refractivity contribution < 1.29 is 4.42 Å².